The number of rotatable bonds is 15. The second-order valence-electron chi connectivity index (χ2n) is 19.8. The van der Waals surface area contributed by atoms with E-state index in [-0.39, 0.29) is 55.9 Å². The maximum absolute atomic E-state index is 14.6. The van der Waals surface area contributed by atoms with E-state index in [1.807, 2.05) is 67.6 Å². The van der Waals surface area contributed by atoms with Crippen molar-refractivity contribution >= 4 is 11.9 Å². The molecule has 0 unspecified atom stereocenters. The van der Waals surface area contributed by atoms with Crippen LogP contribution in [-0.4, -0.2) is 180 Å². The molecular weight excluding hydrogens is 803 g/mol. The number of aliphatic hydroxyl groups excluding tert-OH is 2. The summed E-state index contributed by atoms with van der Waals surface area (Å²) in [5.74, 6) is -2.57. The van der Waals surface area contributed by atoms with Crippen LogP contribution in [0.4, 0.5) is 0 Å². The third kappa shape index (κ3) is 14.0. The quantitative estimate of drug-likeness (QED) is 0.118. The highest BCUT2D eigenvalue weighted by atomic mass is 16.7. The summed E-state index contributed by atoms with van der Waals surface area (Å²) in [7, 11) is 7.24. The normalized spacial score (nSPS) is 43.4. The predicted molar refractivity (Wildman–Crippen MR) is 235 cm³/mol. The number of esters is 1. The molecule has 0 aliphatic carbocycles. The molecule has 5 N–H and O–H groups in total. The molecule has 0 aromatic heterocycles. The summed E-state index contributed by atoms with van der Waals surface area (Å²) in [4.78, 5) is 30.9. The first-order valence-corrected chi connectivity index (χ1v) is 23.3. The van der Waals surface area contributed by atoms with E-state index in [9.17, 15) is 30.0 Å². The van der Waals surface area contributed by atoms with E-state index in [1.165, 1.54) is 7.11 Å². The zero-order valence-corrected chi connectivity index (χ0v) is 40.8. The van der Waals surface area contributed by atoms with E-state index in [0.29, 0.717) is 32.4 Å². The second-order valence-corrected chi connectivity index (χ2v) is 19.8. The number of carbonyl (C=O) groups excluding carboxylic acids is 2. The number of hydrogen-bond acceptors (Lipinski definition) is 15. The lowest BCUT2D eigenvalue weighted by Gasteiger charge is -2.48. The lowest BCUT2D eigenvalue weighted by molar-refractivity contribution is -0.318. The molecule has 0 aromatic rings. The van der Waals surface area contributed by atoms with Gasteiger partial charge >= 0.3 is 5.97 Å². The minimum absolute atomic E-state index is 0.00771. The van der Waals surface area contributed by atoms with Gasteiger partial charge in [-0.25, -0.2) is 0 Å². The molecule has 3 saturated heterocycles. The Hall–Kier alpha value is -1.54. The Kier molecular flexibility index (Phi) is 21.0. The molecule has 16 nitrogen and oxygen atoms in total. The van der Waals surface area contributed by atoms with Crippen LogP contribution in [-0.2, 0) is 42.7 Å². The van der Waals surface area contributed by atoms with Gasteiger partial charge in [0.05, 0.1) is 41.5 Å². The second kappa shape index (κ2) is 23.8. The van der Waals surface area contributed by atoms with Crippen LogP contribution in [0.2, 0.25) is 0 Å². The summed E-state index contributed by atoms with van der Waals surface area (Å²) < 4.78 is 44.7. The largest absolute Gasteiger partial charge is 0.459 e. The maximum atomic E-state index is 14.6. The van der Waals surface area contributed by atoms with Gasteiger partial charge in [-0.05, 0) is 108 Å². The minimum atomic E-state index is -1.67. The smallest absolute Gasteiger partial charge is 0.311 e. The Morgan fingerprint density at radius 3 is 2.23 bits per heavy atom. The Labute approximate surface area is 373 Å². The van der Waals surface area contributed by atoms with Crippen molar-refractivity contribution in [1.82, 2.24) is 15.1 Å². The van der Waals surface area contributed by atoms with Gasteiger partial charge in [-0.1, -0.05) is 34.1 Å². The standard InChI is InChI=1S/C46H87N3O13/c1-16-18-20-35(50)47-21-19-22-57-41-31(7)49(14)26-27(3)24-44(9,54)40(62-43-37(51)33(48(12)13)23-28(4)58-43)29(5)38(30(6)42(53)60-34(17-2)46(41,11)55)61-36-25-45(10,56-15)39(52)32(8)59-36/h27-34,36-41,43,51-52,54-55H,16-26H2,1-15H3,(H,47,50)/t27-,28-,29+,30-,31-,32+,33+,34-,36+,37-,38+,39+,40-,41-,43+,44-,45-,46-/m1/s1. The number of methoxy groups -OCH3 is 1. The summed E-state index contributed by atoms with van der Waals surface area (Å²) in [5, 5.41) is 50.9. The summed E-state index contributed by atoms with van der Waals surface area (Å²) in [6, 6.07) is -0.671. The zero-order chi connectivity index (χ0) is 46.9. The van der Waals surface area contributed by atoms with Crippen LogP contribution in [0.15, 0.2) is 0 Å². The molecule has 364 valence electrons. The number of hydrogen-bond donors (Lipinski definition) is 5. The minimum Gasteiger partial charge on any atom is -0.459 e. The van der Waals surface area contributed by atoms with Gasteiger partial charge in [0.1, 0.15) is 30.0 Å². The molecule has 18 atom stereocenters. The first-order valence-electron chi connectivity index (χ1n) is 23.3. The molecule has 3 heterocycles. The van der Waals surface area contributed by atoms with Gasteiger partial charge in [-0.3, -0.25) is 9.59 Å². The lowest BCUT2D eigenvalue weighted by Crippen LogP contribution is -2.60. The molecule has 3 rings (SSSR count). The number of likely N-dealkylation sites (N-methyl/N-ethyl adjacent to an activating group) is 2. The molecule has 1 amide bonds. The molecular formula is C46H87N3O13. The highest BCUT2D eigenvalue weighted by Gasteiger charge is 2.53. The third-order valence-corrected chi connectivity index (χ3v) is 13.9. The van der Waals surface area contributed by atoms with E-state index < -0.39 is 89.9 Å². The van der Waals surface area contributed by atoms with E-state index in [1.54, 1.807) is 34.6 Å². The summed E-state index contributed by atoms with van der Waals surface area (Å²) >= 11 is 0. The molecule has 0 bridgehead atoms. The summed E-state index contributed by atoms with van der Waals surface area (Å²) in [5.41, 5.74) is -4.27. The zero-order valence-electron chi connectivity index (χ0n) is 40.8. The van der Waals surface area contributed by atoms with Crippen molar-refractivity contribution < 1.29 is 63.2 Å². The van der Waals surface area contributed by atoms with Crippen molar-refractivity contribution in [1.29, 1.82) is 0 Å². The lowest BCUT2D eigenvalue weighted by atomic mass is 9.77. The molecule has 3 aliphatic rings. The number of unbranched alkanes of at least 4 members (excludes halogenated alkanes) is 1. The topological polar surface area (TPSA) is 198 Å². The van der Waals surface area contributed by atoms with Crippen LogP contribution >= 0.6 is 0 Å². The first kappa shape index (κ1) is 54.8. The van der Waals surface area contributed by atoms with Crippen molar-refractivity contribution in [3.8, 4) is 0 Å². The van der Waals surface area contributed by atoms with Gasteiger partial charge in [-0.15, -0.1) is 0 Å². The number of nitrogens with zero attached hydrogens (tertiary/aromatic N) is 2. The van der Waals surface area contributed by atoms with Gasteiger partial charge in [-0.2, -0.15) is 0 Å². The predicted octanol–water partition coefficient (Wildman–Crippen LogP) is 3.62. The molecule has 0 radical (unpaired) electrons. The molecule has 16 heteroatoms. The van der Waals surface area contributed by atoms with Crippen LogP contribution in [0, 0.1) is 17.8 Å². The molecule has 3 fully saturated rings. The molecule has 0 spiro atoms. The fourth-order valence-electron chi connectivity index (χ4n) is 9.96. The molecule has 0 saturated carbocycles. The summed E-state index contributed by atoms with van der Waals surface area (Å²) in [6.07, 6.45) is -5.01. The first-order chi connectivity index (χ1) is 28.8. The van der Waals surface area contributed by atoms with Gasteiger partial charge in [0.25, 0.3) is 0 Å². The Morgan fingerprint density at radius 1 is 0.968 bits per heavy atom. The number of cyclic esters (lactones) is 1. The van der Waals surface area contributed by atoms with Crippen LogP contribution in [0.3, 0.4) is 0 Å². The summed E-state index contributed by atoms with van der Waals surface area (Å²) in [6.45, 7) is 21.3. The number of aliphatic hydroxyl groups is 4. The van der Waals surface area contributed by atoms with Gasteiger partial charge in [0.15, 0.2) is 12.6 Å². The maximum Gasteiger partial charge on any atom is 0.311 e. The average Bonchev–Trinajstić information content (AvgIpc) is 3.19. The van der Waals surface area contributed by atoms with Crippen molar-refractivity contribution in [2.24, 2.45) is 17.8 Å². The van der Waals surface area contributed by atoms with E-state index in [4.69, 9.17) is 33.2 Å². The van der Waals surface area contributed by atoms with E-state index >= 15 is 0 Å². The Morgan fingerprint density at radius 2 is 1.63 bits per heavy atom. The highest BCUT2D eigenvalue weighted by Crippen LogP contribution is 2.40. The highest BCUT2D eigenvalue weighted by molar-refractivity contribution is 5.75. The van der Waals surface area contributed by atoms with Crippen LogP contribution < -0.4 is 5.32 Å². The van der Waals surface area contributed by atoms with E-state index in [0.717, 1.165) is 12.8 Å². The van der Waals surface area contributed by atoms with Crippen LogP contribution in [0.1, 0.15) is 128 Å². The number of carbonyl (C=O) groups is 2. The van der Waals surface area contributed by atoms with Gasteiger partial charge in [0.2, 0.25) is 5.91 Å². The van der Waals surface area contributed by atoms with Gasteiger partial charge < -0.3 is 68.7 Å². The van der Waals surface area contributed by atoms with E-state index in [2.05, 4.69) is 10.2 Å². The van der Waals surface area contributed by atoms with Crippen molar-refractivity contribution in [2.75, 3.05) is 47.9 Å². The van der Waals surface area contributed by atoms with Gasteiger partial charge in [0, 0.05) is 57.6 Å². The SMILES string of the molecule is CCCCC(=O)NCCCO[C@@H]1[C@@H](C)N(C)C[C@H](C)C[C@@](C)(O)[C@H](O[C@@H]2O[C@H](C)C[C@H](N(C)C)[C@H]2O)[C@@H](C)[C@H](O[C@H]2C[C@@](C)(OC)[C@@H](O)[C@H](C)O2)[C@@H](C)C(=O)O[C@H](CC)[C@@]1(C)O. The molecule has 0 aromatic carbocycles. The Balaban J connectivity index is 2.12. The Bertz CT molecular complexity index is 1370. The number of ether oxygens (including phenoxy) is 7. The number of amides is 1. The average molecular weight is 890 g/mol. The van der Waals surface area contributed by atoms with Crippen LogP contribution in [0.5, 0.6) is 0 Å². The molecule has 3 aliphatic heterocycles. The number of nitrogens with one attached hydrogen (secondary N) is 1. The third-order valence-electron chi connectivity index (χ3n) is 13.9. The van der Waals surface area contributed by atoms with Crippen LogP contribution in [0.25, 0.3) is 0 Å². The monoisotopic (exact) mass is 890 g/mol. The fraction of sp³-hybridized carbons (Fsp3) is 0.957. The van der Waals surface area contributed by atoms with Crippen molar-refractivity contribution in [2.45, 2.75) is 218 Å². The fourth-order valence-corrected chi connectivity index (χ4v) is 9.96. The van der Waals surface area contributed by atoms with Crippen molar-refractivity contribution in [3.63, 3.8) is 0 Å². The molecule has 62 heavy (non-hydrogen) atoms. The van der Waals surface area contributed by atoms with Crippen molar-refractivity contribution in [3.05, 3.63) is 0 Å².